The predicted octanol–water partition coefficient (Wildman–Crippen LogP) is -0.943. The summed E-state index contributed by atoms with van der Waals surface area (Å²) in [5, 5.41) is 8.78. The summed E-state index contributed by atoms with van der Waals surface area (Å²) in [5.74, 6) is -1.44. The number of methoxy groups -OCH3 is 2. The predicted molar refractivity (Wildman–Crippen MR) is 40.6 cm³/mol. The first kappa shape index (κ1) is 11.9. The highest BCUT2D eigenvalue weighted by Gasteiger charge is 2.12. The van der Waals surface area contributed by atoms with Crippen LogP contribution in [0.25, 0.3) is 0 Å². The number of ether oxygens (including phenoxy) is 3. The summed E-state index contributed by atoms with van der Waals surface area (Å²) < 4.78 is 13.1. The van der Waals surface area contributed by atoms with Crippen molar-refractivity contribution in [1.29, 1.82) is 0 Å². The third-order valence-electron chi connectivity index (χ3n) is 1.18. The Morgan fingerprint density at radius 1 is 1.31 bits per heavy atom. The molecular formula is C7H12O6. The van der Waals surface area contributed by atoms with Gasteiger partial charge in [0.15, 0.2) is 6.29 Å². The fourth-order valence-electron chi connectivity index (χ4n) is 0.473. The molecule has 0 aliphatic heterocycles. The molecule has 0 bridgehead atoms. The molecule has 0 rings (SSSR count). The maximum absolute atomic E-state index is 10.7. The quantitative estimate of drug-likeness (QED) is 0.344. The van der Waals surface area contributed by atoms with E-state index in [0.717, 1.165) is 0 Å². The van der Waals surface area contributed by atoms with Gasteiger partial charge in [0, 0.05) is 7.11 Å². The average Bonchev–Trinajstić information content (AvgIpc) is 2.13. The summed E-state index contributed by atoms with van der Waals surface area (Å²) in [7, 11) is 2.43. The third kappa shape index (κ3) is 6.06. The van der Waals surface area contributed by atoms with Crippen molar-refractivity contribution in [3.8, 4) is 0 Å². The monoisotopic (exact) mass is 192 g/mol. The summed E-state index contributed by atoms with van der Waals surface area (Å²) in [4.78, 5) is 21.3. The van der Waals surface area contributed by atoms with E-state index in [-0.39, 0.29) is 6.61 Å². The molecule has 0 radical (unpaired) electrons. The largest absolute Gasteiger partial charge is 0.469 e. The summed E-state index contributed by atoms with van der Waals surface area (Å²) in [6.07, 6.45) is -1.63. The van der Waals surface area contributed by atoms with Crippen molar-refractivity contribution in [3.63, 3.8) is 0 Å². The first-order valence-electron chi connectivity index (χ1n) is 3.53. The van der Waals surface area contributed by atoms with Crippen LogP contribution in [0, 0.1) is 0 Å². The first-order valence-corrected chi connectivity index (χ1v) is 3.53. The van der Waals surface area contributed by atoms with Gasteiger partial charge in [-0.3, -0.25) is 9.59 Å². The van der Waals surface area contributed by atoms with Crippen LogP contribution in [0.3, 0.4) is 0 Å². The van der Waals surface area contributed by atoms with Crippen molar-refractivity contribution in [2.45, 2.75) is 12.7 Å². The Bertz CT molecular complexity index is 178. The fraction of sp³-hybridized carbons (Fsp3) is 0.714. The van der Waals surface area contributed by atoms with Crippen molar-refractivity contribution in [2.24, 2.45) is 0 Å². The minimum Gasteiger partial charge on any atom is -0.469 e. The molecule has 0 aliphatic carbocycles. The summed E-state index contributed by atoms with van der Waals surface area (Å²) in [6, 6.07) is 0. The maximum atomic E-state index is 10.7. The molecule has 76 valence electrons. The number of aliphatic hydroxyl groups is 1. The average molecular weight is 192 g/mol. The van der Waals surface area contributed by atoms with Crippen LogP contribution >= 0.6 is 0 Å². The highest BCUT2D eigenvalue weighted by atomic mass is 16.6. The van der Waals surface area contributed by atoms with Crippen LogP contribution in [0.4, 0.5) is 0 Å². The van der Waals surface area contributed by atoms with Gasteiger partial charge >= 0.3 is 11.9 Å². The molecule has 0 saturated heterocycles. The molecule has 0 aliphatic rings. The van der Waals surface area contributed by atoms with Crippen LogP contribution in [0.2, 0.25) is 0 Å². The number of carbonyl (C=O) groups excluding carboxylic acids is 2. The van der Waals surface area contributed by atoms with Crippen molar-refractivity contribution < 1.29 is 28.9 Å². The Morgan fingerprint density at radius 2 is 1.92 bits per heavy atom. The Labute approximate surface area is 75.4 Å². The summed E-state index contributed by atoms with van der Waals surface area (Å²) in [5.41, 5.74) is 0. The molecular weight excluding hydrogens is 180 g/mol. The molecule has 0 spiro atoms. The normalized spacial score (nSPS) is 11.9. The van der Waals surface area contributed by atoms with Gasteiger partial charge in [0.25, 0.3) is 0 Å². The van der Waals surface area contributed by atoms with Crippen molar-refractivity contribution in [2.75, 3.05) is 20.8 Å². The Hall–Kier alpha value is -1.14. The highest BCUT2D eigenvalue weighted by molar-refractivity contribution is 5.91. The van der Waals surface area contributed by atoms with E-state index in [9.17, 15) is 9.59 Å². The number of hydrogen-bond donors (Lipinski definition) is 1. The molecule has 1 unspecified atom stereocenters. The Morgan fingerprint density at radius 3 is 2.38 bits per heavy atom. The summed E-state index contributed by atoms with van der Waals surface area (Å²) in [6.45, 7) is -0.299. The first-order chi connectivity index (χ1) is 6.10. The van der Waals surface area contributed by atoms with Crippen molar-refractivity contribution in [1.82, 2.24) is 0 Å². The van der Waals surface area contributed by atoms with E-state index < -0.39 is 24.6 Å². The van der Waals surface area contributed by atoms with Gasteiger partial charge in [-0.2, -0.15) is 0 Å². The number of aliphatic hydroxyl groups excluding tert-OH is 1. The standard InChI is InChI=1S/C7H12O6/c1-11-5(8)3-6(9)13-4-7(10)12-2/h7,10H,3-4H2,1-2H3. The number of carbonyl (C=O) groups is 2. The minimum absolute atomic E-state index is 0.299. The third-order valence-corrected chi connectivity index (χ3v) is 1.18. The molecule has 1 atom stereocenters. The van der Waals surface area contributed by atoms with E-state index in [1.54, 1.807) is 0 Å². The minimum atomic E-state index is -1.17. The van der Waals surface area contributed by atoms with Gasteiger partial charge in [0.2, 0.25) is 0 Å². The van der Waals surface area contributed by atoms with E-state index in [1.165, 1.54) is 14.2 Å². The Kier molecular flexibility index (Phi) is 5.82. The highest BCUT2D eigenvalue weighted by Crippen LogP contribution is 1.92. The number of hydrogen-bond acceptors (Lipinski definition) is 6. The van der Waals surface area contributed by atoms with E-state index in [0.29, 0.717) is 0 Å². The van der Waals surface area contributed by atoms with Crippen molar-refractivity contribution >= 4 is 11.9 Å². The zero-order valence-corrected chi connectivity index (χ0v) is 7.48. The van der Waals surface area contributed by atoms with Gasteiger partial charge in [-0.1, -0.05) is 0 Å². The molecule has 1 N–H and O–H groups in total. The van der Waals surface area contributed by atoms with Crippen molar-refractivity contribution in [3.05, 3.63) is 0 Å². The molecule has 0 heterocycles. The Balaban J connectivity index is 3.57. The van der Waals surface area contributed by atoms with Gasteiger partial charge in [-0.25, -0.2) is 0 Å². The van der Waals surface area contributed by atoms with Crippen LogP contribution < -0.4 is 0 Å². The van der Waals surface area contributed by atoms with Crippen LogP contribution in [0.5, 0.6) is 0 Å². The van der Waals surface area contributed by atoms with Crippen LogP contribution in [-0.4, -0.2) is 44.2 Å². The van der Waals surface area contributed by atoms with Gasteiger partial charge < -0.3 is 19.3 Å². The van der Waals surface area contributed by atoms with E-state index in [1.807, 2.05) is 0 Å². The van der Waals surface area contributed by atoms with Gasteiger partial charge in [-0.15, -0.1) is 0 Å². The molecule has 6 nitrogen and oxygen atoms in total. The molecule has 0 aromatic heterocycles. The smallest absolute Gasteiger partial charge is 0.317 e. The molecule has 6 heteroatoms. The zero-order valence-electron chi connectivity index (χ0n) is 7.48. The lowest BCUT2D eigenvalue weighted by molar-refractivity contribution is -0.164. The summed E-state index contributed by atoms with van der Waals surface area (Å²) >= 11 is 0. The lowest BCUT2D eigenvalue weighted by atomic mass is 10.4. The molecule has 0 aromatic rings. The molecule has 0 aromatic carbocycles. The molecule has 0 amide bonds. The molecule has 13 heavy (non-hydrogen) atoms. The molecule has 0 fully saturated rings. The zero-order chi connectivity index (χ0) is 10.3. The van der Waals surface area contributed by atoms with E-state index in [2.05, 4.69) is 14.2 Å². The number of esters is 2. The van der Waals surface area contributed by atoms with E-state index >= 15 is 0 Å². The topological polar surface area (TPSA) is 82.1 Å². The number of rotatable bonds is 5. The lowest BCUT2D eigenvalue weighted by Gasteiger charge is -2.08. The van der Waals surface area contributed by atoms with Crippen LogP contribution in [0.15, 0.2) is 0 Å². The fourth-order valence-corrected chi connectivity index (χ4v) is 0.473. The second kappa shape index (κ2) is 6.38. The lowest BCUT2D eigenvalue weighted by Crippen LogP contribution is -2.21. The van der Waals surface area contributed by atoms with Gasteiger partial charge in [-0.05, 0) is 0 Å². The maximum Gasteiger partial charge on any atom is 0.317 e. The van der Waals surface area contributed by atoms with Gasteiger partial charge in [0.05, 0.1) is 7.11 Å². The van der Waals surface area contributed by atoms with E-state index in [4.69, 9.17) is 5.11 Å². The second-order valence-corrected chi connectivity index (χ2v) is 2.13. The van der Waals surface area contributed by atoms with Crippen LogP contribution in [0.1, 0.15) is 6.42 Å². The molecule has 0 saturated carbocycles. The van der Waals surface area contributed by atoms with Crippen LogP contribution in [-0.2, 0) is 23.8 Å². The second-order valence-electron chi connectivity index (χ2n) is 2.13. The van der Waals surface area contributed by atoms with Gasteiger partial charge in [0.1, 0.15) is 13.0 Å². The SMILES string of the molecule is COC(=O)CC(=O)OCC(O)OC.